The Morgan fingerprint density at radius 2 is 1.04 bits per heavy atom. The van der Waals surface area contributed by atoms with E-state index in [2.05, 4.69) is 13.8 Å². The van der Waals surface area contributed by atoms with Crippen LogP contribution in [0.1, 0.15) is 52.4 Å². The smallest absolute Gasteiger partial charge is 0.168 e. The Bertz CT molecular complexity index is 390. The van der Waals surface area contributed by atoms with Crippen LogP contribution < -0.4 is 0 Å². The predicted molar refractivity (Wildman–Crippen MR) is 96.5 cm³/mol. The molecule has 6 nitrogen and oxygen atoms in total. The van der Waals surface area contributed by atoms with Gasteiger partial charge >= 0.3 is 0 Å². The third-order valence-electron chi connectivity index (χ3n) is 6.76. The maximum Gasteiger partial charge on any atom is 0.168 e. The highest BCUT2D eigenvalue weighted by molar-refractivity contribution is 4.86. The van der Waals surface area contributed by atoms with Crippen molar-refractivity contribution >= 4 is 0 Å². The molecule has 6 heteroatoms. The molecule has 2 aliphatic heterocycles. The second-order valence-electron chi connectivity index (χ2n) is 8.54. The van der Waals surface area contributed by atoms with Gasteiger partial charge in [0.2, 0.25) is 0 Å². The first-order valence-corrected chi connectivity index (χ1v) is 10.3. The van der Waals surface area contributed by atoms with Crippen molar-refractivity contribution in [2.45, 2.75) is 63.9 Å². The van der Waals surface area contributed by atoms with Crippen LogP contribution in [0.25, 0.3) is 0 Å². The van der Waals surface area contributed by atoms with E-state index in [9.17, 15) is 0 Å². The Kier molecular flexibility index (Phi) is 6.97. The van der Waals surface area contributed by atoms with Gasteiger partial charge in [0.25, 0.3) is 0 Å². The van der Waals surface area contributed by atoms with Crippen LogP contribution in [0.5, 0.6) is 0 Å². The summed E-state index contributed by atoms with van der Waals surface area (Å²) in [5.41, 5.74) is 0. The Labute approximate surface area is 157 Å². The summed E-state index contributed by atoms with van der Waals surface area (Å²) < 4.78 is 22.6. The van der Waals surface area contributed by atoms with Crippen LogP contribution in [-0.4, -0.2) is 61.4 Å². The second-order valence-corrected chi connectivity index (χ2v) is 8.54. The number of aliphatic hydroxyl groups is 2. The minimum Gasteiger partial charge on any atom is -0.396 e. The van der Waals surface area contributed by atoms with Crippen LogP contribution >= 0.6 is 0 Å². The average Bonchev–Trinajstić information content (AvgIpc) is 3.26. The zero-order valence-electron chi connectivity index (χ0n) is 16.3. The highest BCUT2D eigenvalue weighted by atomic mass is 16.7. The molecule has 4 aliphatic rings. The van der Waals surface area contributed by atoms with Gasteiger partial charge in [0.1, 0.15) is 0 Å². The average molecular weight is 373 g/mol. The first-order chi connectivity index (χ1) is 12.5. The molecule has 0 radical (unpaired) electrons. The lowest BCUT2D eigenvalue weighted by molar-refractivity contribution is -0.195. The highest BCUT2D eigenvalue weighted by Crippen LogP contribution is 2.42. The zero-order chi connectivity index (χ0) is 18.6. The fourth-order valence-corrected chi connectivity index (χ4v) is 4.96. The zero-order valence-corrected chi connectivity index (χ0v) is 16.3. The highest BCUT2D eigenvalue weighted by Gasteiger charge is 2.44. The predicted octanol–water partition coefficient (Wildman–Crippen LogP) is 2.32. The van der Waals surface area contributed by atoms with E-state index < -0.39 is 0 Å². The van der Waals surface area contributed by atoms with Gasteiger partial charge in [-0.25, -0.2) is 0 Å². The molecule has 2 spiro atoms. The number of hydrogen-bond donors (Lipinski definition) is 2. The molecule has 0 bridgehead atoms. The van der Waals surface area contributed by atoms with Gasteiger partial charge in [0.15, 0.2) is 11.6 Å². The molecular formula is C20H36O6. The lowest BCUT2D eigenvalue weighted by Crippen LogP contribution is -2.40. The Balaban J connectivity index is 0.000000151. The number of ether oxygens (including phenoxy) is 4. The number of aliphatic hydroxyl groups excluding tert-OH is 2. The van der Waals surface area contributed by atoms with Gasteiger partial charge in [-0.2, -0.15) is 0 Å². The fraction of sp³-hybridized carbons (Fsp3) is 1.00. The molecular weight excluding hydrogens is 336 g/mol. The largest absolute Gasteiger partial charge is 0.396 e. The third-order valence-corrected chi connectivity index (χ3v) is 6.76. The van der Waals surface area contributed by atoms with Gasteiger partial charge in [-0.3, -0.25) is 0 Å². The molecule has 152 valence electrons. The SMILES string of the molecule is C[C@H]1CC2(CCC1CO)OCCO2.C[C@H]1CC2(CC[C@@H]1CO)OCCO2. The molecule has 0 aromatic rings. The van der Waals surface area contributed by atoms with E-state index in [1.807, 2.05) is 0 Å². The summed E-state index contributed by atoms with van der Waals surface area (Å²) in [6.07, 6.45) is 5.83. The van der Waals surface area contributed by atoms with Crippen molar-refractivity contribution < 1.29 is 29.2 Å². The van der Waals surface area contributed by atoms with Gasteiger partial charge in [0.05, 0.1) is 26.4 Å². The van der Waals surface area contributed by atoms with Crippen LogP contribution in [0, 0.1) is 23.7 Å². The van der Waals surface area contributed by atoms with Gasteiger partial charge in [0, 0.05) is 38.9 Å². The molecule has 0 aromatic carbocycles. The maximum absolute atomic E-state index is 9.11. The molecule has 26 heavy (non-hydrogen) atoms. The molecule has 2 heterocycles. The van der Waals surface area contributed by atoms with Gasteiger partial charge in [-0.1, -0.05) is 13.8 Å². The summed E-state index contributed by atoms with van der Waals surface area (Å²) in [6, 6.07) is 0. The molecule has 4 fully saturated rings. The standard InChI is InChI=1S/2C10H18O3/c2*1-8-6-10(12-4-5-13-10)3-2-9(8)7-11/h2*8-9,11H,2-7H2,1H3/t8-,9?;8-,9+/m00/s1. The summed E-state index contributed by atoms with van der Waals surface area (Å²) >= 11 is 0. The first kappa shape index (κ1) is 20.5. The Hall–Kier alpha value is -0.240. The molecule has 2 saturated carbocycles. The van der Waals surface area contributed by atoms with Crippen molar-refractivity contribution in [2.24, 2.45) is 23.7 Å². The van der Waals surface area contributed by atoms with Gasteiger partial charge in [-0.15, -0.1) is 0 Å². The van der Waals surface area contributed by atoms with Crippen molar-refractivity contribution in [3.8, 4) is 0 Å². The fourth-order valence-electron chi connectivity index (χ4n) is 4.96. The maximum atomic E-state index is 9.11. The summed E-state index contributed by atoms with van der Waals surface area (Å²) in [7, 11) is 0. The van der Waals surface area contributed by atoms with Crippen molar-refractivity contribution in [1.82, 2.24) is 0 Å². The minimum absolute atomic E-state index is 0.287. The topological polar surface area (TPSA) is 77.4 Å². The van der Waals surface area contributed by atoms with E-state index in [0.717, 1.165) is 65.0 Å². The monoisotopic (exact) mass is 372 g/mol. The molecule has 4 atom stereocenters. The van der Waals surface area contributed by atoms with E-state index in [1.54, 1.807) is 0 Å². The molecule has 0 aromatic heterocycles. The van der Waals surface area contributed by atoms with Crippen LogP contribution in [0.2, 0.25) is 0 Å². The molecule has 1 unspecified atom stereocenters. The second kappa shape index (κ2) is 8.84. The van der Waals surface area contributed by atoms with E-state index in [0.29, 0.717) is 36.9 Å². The van der Waals surface area contributed by atoms with Crippen LogP contribution in [0.15, 0.2) is 0 Å². The molecule has 2 aliphatic carbocycles. The van der Waals surface area contributed by atoms with Crippen LogP contribution in [0.4, 0.5) is 0 Å². The minimum atomic E-state index is -0.287. The Morgan fingerprint density at radius 3 is 1.31 bits per heavy atom. The molecule has 2 N–H and O–H groups in total. The van der Waals surface area contributed by atoms with Crippen molar-refractivity contribution in [3.05, 3.63) is 0 Å². The van der Waals surface area contributed by atoms with Crippen LogP contribution in [-0.2, 0) is 18.9 Å². The first-order valence-electron chi connectivity index (χ1n) is 10.3. The normalized spacial score (nSPS) is 38.3. The summed E-state index contributed by atoms with van der Waals surface area (Å²) in [4.78, 5) is 0. The van der Waals surface area contributed by atoms with Gasteiger partial charge in [-0.05, 0) is 36.5 Å². The van der Waals surface area contributed by atoms with E-state index in [1.165, 1.54) is 0 Å². The molecule has 2 saturated heterocycles. The van der Waals surface area contributed by atoms with Crippen molar-refractivity contribution in [2.75, 3.05) is 39.6 Å². The van der Waals surface area contributed by atoms with E-state index in [-0.39, 0.29) is 11.6 Å². The van der Waals surface area contributed by atoms with E-state index in [4.69, 9.17) is 29.2 Å². The van der Waals surface area contributed by atoms with E-state index >= 15 is 0 Å². The third kappa shape index (κ3) is 4.59. The Morgan fingerprint density at radius 1 is 0.692 bits per heavy atom. The van der Waals surface area contributed by atoms with Crippen LogP contribution in [0.3, 0.4) is 0 Å². The van der Waals surface area contributed by atoms with Gasteiger partial charge < -0.3 is 29.2 Å². The summed E-state index contributed by atoms with van der Waals surface area (Å²) in [6.45, 7) is 7.88. The quantitative estimate of drug-likeness (QED) is 0.775. The van der Waals surface area contributed by atoms with Crippen molar-refractivity contribution in [3.63, 3.8) is 0 Å². The molecule has 4 rings (SSSR count). The number of hydrogen-bond acceptors (Lipinski definition) is 6. The van der Waals surface area contributed by atoms with Crippen molar-refractivity contribution in [1.29, 1.82) is 0 Å². The number of rotatable bonds is 2. The summed E-state index contributed by atoms with van der Waals surface area (Å²) in [5.74, 6) is 1.33. The lowest BCUT2D eigenvalue weighted by Gasteiger charge is -2.39. The lowest BCUT2D eigenvalue weighted by atomic mass is 9.77. The molecule has 0 amide bonds. The summed E-state index contributed by atoms with van der Waals surface area (Å²) in [5, 5.41) is 18.2.